The number of pyridine rings is 1. The van der Waals surface area contributed by atoms with Gasteiger partial charge in [-0.15, -0.1) is 10.2 Å². The Hall–Kier alpha value is -3.17. The van der Waals surface area contributed by atoms with E-state index in [0.29, 0.717) is 33.9 Å². The Bertz CT molecular complexity index is 1330. The summed E-state index contributed by atoms with van der Waals surface area (Å²) in [5.41, 5.74) is 2.54. The smallest absolute Gasteiger partial charge is 0.316 e. The van der Waals surface area contributed by atoms with Crippen molar-refractivity contribution in [3.63, 3.8) is 0 Å². The second-order valence-electron chi connectivity index (χ2n) is 7.03. The number of aryl methyl sites for hydroxylation is 1. The zero-order valence-corrected chi connectivity index (χ0v) is 19.1. The average Bonchev–Trinajstić information content (AvgIpc) is 3.20. The molecule has 0 bridgehead atoms. The lowest BCUT2D eigenvalue weighted by atomic mass is 10.2. The molecule has 0 amide bonds. The maximum Gasteiger partial charge on any atom is 0.316 e. The van der Waals surface area contributed by atoms with Crippen LogP contribution in [0.15, 0.2) is 58.6 Å². The van der Waals surface area contributed by atoms with E-state index in [4.69, 9.17) is 16.3 Å². The van der Waals surface area contributed by atoms with Crippen molar-refractivity contribution in [2.45, 2.75) is 32.2 Å². The lowest BCUT2D eigenvalue weighted by molar-refractivity contribution is -0.141. The molecule has 0 aliphatic rings. The topological polar surface area (TPSA) is 91.4 Å². The third-order valence-electron chi connectivity index (χ3n) is 4.70. The first-order valence-electron chi connectivity index (χ1n) is 9.91. The number of thioether (sulfide) groups is 1. The lowest BCUT2D eigenvalue weighted by Gasteiger charge is -2.08. The number of carbonyl (C=O) groups excluding carboxylic acids is 1. The average molecular weight is 470 g/mol. The van der Waals surface area contributed by atoms with Crippen LogP contribution in [0.1, 0.15) is 18.2 Å². The molecule has 0 saturated carbocycles. The highest BCUT2D eigenvalue weighted by Crippen LogP contribution is 2.25. The largest absolute Gasteiger partial charge is 0.459 e. The zero-order valence-electron chi connectivity index (χ0n) is 17.5. The summed E-state index contributed by atoms with van der Waals surface area (Å²) in [6.45, 7) is 4.45. The number of hydrogen-bond acceptors (Lipinski definition) is 7. The Balaban J connectivity index is 1.39. The van der Waals surface area contributed by atoms with Gasteiger partial charge in [0.15, 0.2) is 11.0 Å². The first-order chi connectivity index (χ1) is 15.4. The Morgan fingerprint density at radius 2 is 1.94 bits per heavy atom. The van der Waals surface area contributed by atoms with Crippen LogP contribution in [0.2, 0.25) is 5.02 Å². The minimum absolute atomic E-state index is 0.0600. The minimum atomic E-state index is -0.431. The van der Waals surface area contributed by atoms with Gasteiger partial charge in [0.05, 0.1) is 11.4 Å². The molecule has 8 nitrogen and oxygen atoms in total. The highest BCUT2D eigenvalue weighted by Gasteiger charge is 2.15. The van der Waals surface area contributed by atoms with Gasteiger partial charge in [0.2, 0.25) is 0 Å². The molecule has 10 heteroatoms. The van der Waals surface area contributed by atoms with Gasteiger partial charge < -0.3 is 9.30 Å². The Kier molecular flexibility index (Phi) is 6.57. The van der Waals surface area contributed by atoms with Crippen LogP contribution in [0.4, 0.5) is 0 Å². The van der Waals surface area contributed by atoms with E-state index in [2.05, 4.69) is 15.2 Å². The van der Waals surface area contributed by atoms with E-state index in [1.54, 1.807) is 24.4 Å². The molecule has 3 heterocycles. The number of carbonyl (C=O) groups is 1. The molecule has 0 aliphatic heterocycles. The summed E-state index contributed by atoms with van der Waals surface area (Å²) in [4.78, 5) is 28.9. The molecule has 0 fully saturated rings. The third-order valence-corrected chi connectivity index (χ3v) is 5.89. The van der Waals surface area contributed by atoms with Gasteiger partial charge in [-0.2, -0.15) is 0 Å². The molecular formula is C22H20ClN5O3S. The van der Waals surface area contributed by atoms with E-state index in [-0.39, 0.29) is 17.9 Å². The Labute approximate surface area is 193 Å². The van der Waals surface area contributed by atoms with E-state index in [0.717, 1.165) is 11.1 Å². The van der Waals surface area contributed by atoms with E-state index in [9.17, 15) is 9.59 Å². The first kappa shape index (κ1) is 22.0. The summed E-state index contributed by atoms with van der Waals surface area (Å²) in [5.74, 6) is 0.334. The van der Waals surface area contributed by atoms with Gasteiger partial charge in [-0.05, 0) is 49.7 Å². The van der Waals surface area contributed by atoms with Crippen molar-refractivity contribution in [1.29, 1.82) is 0 Å². The number of nitrogens with zero attached hydrogens (tertiary/aromatic N) is 5. The second-order valence-corrected chi connectivity index (χ2v) is 8.41. The van der Waals surface area contributed by atoms with Gasteiger partial charge >= 0.3 is 5.97 Å². The van der Waals surface area contributed by atoms with Crippen molar-refractivity contribution in [2.75, 3.05) is 5.75 Å². The molecular weight excluding hydrogens is 450 g/mol. The lowest BCUT2D eigenvalue weighted by Crippen LogP contribution is -2.17. The number of halogens is 1. The van der Waals surface area contributed by atoms with Crippen molar-refractivity contribution in [3.8, 4) is 11.4 Å². The van der Waals surface area contributed by atoms with Crippen LogP contribution >= 0.6 is 23.4 Å². The fraction of sp³-hybridized carbons (Fsp3) is 0.227. The third kappa shape index (κ3) is 4.84. The summed E-state index contributed by atoms with van der Waals surface area (Å²) in [6.07, 6.45) is 1.72. The molecule has 0 spiro atoms. The van der Waals surface area contributed by atoms with E-state index in [1.165, 1.54) is 22.2 Å². The molecule has 0 aliphatic carbocycles. The molecule has 164 valence electrons. The number of hydrogen-bond donors (Lipinski definition) is 0. The van der Waals surface area contributed by atoms with E-state index < -0.39 is 5.97 Å². The normalized spacial score (nSPS) is 11.1. The number of aromatic nitrogens is 5. The standard InChI is InChI=1S/C22H20ClN5O3S/c1-3-27-21(15-5-7-16(23)8-6-15)25-26-22(27)32-13-20(30)31-12-17-10-19(29)28-11-14(2)4-9-18(28)24-17/h4-11H,3,12-13H2,1-2H3. The number of fused-ring (bicyclic) bond motifs is 1. The molecule has 32 heavy (non-hydrogen) atoms. The van der Waals surface area contributed by atoms with Crippen LogP contribution in [-0.4, -0.2) is 35.9 Å². The Morgan fingerprint density at radius 3 is 2.69 bits per heavy atom. The molecule has 0 saturated heterocycles. The highest BCUT2D eigenvalue weighted by molar-refractivity contribution is 7.99. The molecule has 3 aromatic heterocycles. The zero-order chi connectivity index (χ0) is 22.7. The quantitative estimate of drug-likeness (QED) is 0.300. The molecule has 4 rings (SSSR count). The number of ether oxygens (including phenoxy) is 1. The van der Waals surface area contributed by atoms with Crippen molar-refractivity contribution in [2.24, 2.45) is 0 Å². The van der Waals surface area contributed by atoms with Crippen LogP contribution in [0.25, 0.3) is 17.0 Å². The summed E-state index contributed by atoms with van der Waals surface area (Å²) in [6, 6.07) is 12.3. The van der Waals surface area contributed by atoms with Gasteiger partial charge in [-0.3, -0.25) is 14.0 Å². The van der Waals surface area contributed by atoms with Gasteiger partial charge in [0.1, 0.15) is 12.3 Å². The highest BCUT2D eigenvalue weighted by atomic mass is 35.5. The molecule has 0 atom stereocenters. The van der Waals surface area contributed by atoms with Crippen molar-refractivity contribution < 1.29 is 9.53 Å². The second kappa shape index (κ2) is 9.54. The van der Waals surface area contributed by atoms with Crippen LogP contribution in [-0.2, 0) is 22.7 Å². The van der Waals surface area contributed by atoms with Crippen molar-refractivity contribution in [1.82, 2.24) is 24.1 Å². The molecule has 0 radical (unpaired) electrons. The number of benzene rings is 1. The number of esters is 1. The predicted octanol–water partition coefficient (Wildman–Crippen LogP) is 3.77. The monoisotopic (exact) mass is 469 g/mol. The van der Waals surface area contributed by atoms with Gasteiger partial charge in [-0.25, -0.2) is 4.98 Å². The van der Waals surface area contributed by atoms with Gasteiger partial charge in [0, 0.05) is 29.4 Å². The van der Waals surface area contributed by atoms with E-state index >= 15 is 0 Å². The fourth-order valence-electron chi connectivity index (χ4n) is 3.14. The number of rotatable bonds is 7. The molecule has 0 unspecified atom stereocenters. The minimum Gasteiger partial charge on any atom is -0.459 e. The summed E-state index contributed by atoms with van der Waals surface area (Å²) < 4.78 is 8.70. The van der Waals surface area contributed by atoms with Crippen molar-refractivity contribution in [3.05, 3.63) is 75.3 Å². The first-order valence-corrected chi connectivity index (χ1v) is 11.3. The van der Waals surface area contributed by atoms with Gasteiger partial charge in [0.25, 0.3) is 5.56 Å². The maximum atomic E-state index is 12.3. The summed E-state index contributed by atoms with van der Waals surface area (Å²) >= 11 is 7.20. The molecule has 1 aromatic carbocycles. The van der Waals surface area contributed by atoms with Crippen molar-refractivity contribution >= 4 is 35.0 Å². The van der Waals surface area contributed by atoms with Crippen LogP contribution < -0.4 is 5.56 Å². The van der Waals surface area contributed by atoms with Gasteiger partial charge in [-0.1, -0.05) is 29.4 Å². The predicted molar refractivity (Wildman–Crippen MR) is 123 cm³/mol. The molecule has 4 aromatic rings. The van der Waals surface area contributed by atoms with E-state index in [1.807, 2.05) is 36.6 Å². The SMILES string of the molecule is CCn1c(SCC(=O)OCc2cc(=O)n3cc(C)ccc3n2)nnc1-c1ccc(Cl)cc1. The maximum absolute atomic E-state index is 12.3. The van der Waals surface area contributed by atoms with Crippen LogP contribution in [0.5, 0.6) is 0 Å². The Morgan fingerprint density at radius 1 is 1.16 bits per heavy atom. The van der Waals surface area contributed by atoms with Crippen LogP contribution in [0.3, 0.4) is 0 Å². The summed E-state index contributed by atoms with van der Waals surface area (Å²) in [7, 11) is 0. The van der Waals surface area contributed by atoms with Crippen LogP contribution in [0, 0.1) is 6.92 Å². The summed E-state index contributed by atoms with van der Waals surface area (Å²) in [5, 5.41) is 9.72. The molecule has 0 N–H and O–H groups in total. The fourth-order valence-corrected chi connectivity index (χ4v) is 4.07.